The minimum Gasteiger partial charge on any atom is -0.545 e. The van der Waals surface area contributed by atoms with Gasteiger partial charge in [-0.05, 0) is 42.8 Å². The number of carboxylic acids is 1. The van der Waals surface area contributed by atoms with Crippen LogP contribution in [0.1, 0.15) is 11.3 Å². The Morgan fingerprint density at radius 1 is 1.27 bits per heavy atom. The van der Waals surface area contributed by atoms with Crippen molar-refractivity contribution in [2.24, 2.45) is 0 Å². The number of hydrogen-bond acceptors (Lipinski definition) is 3. The molecule has 0 aliphatic rings. The average molecular weight is 356 g/mol. The number of aryl methyl sites for hydroxylation is 1. The lowest BCUT2D eigenvalue weighted by molar-refractivity contribution is -0.297. The Morgan fingerprint density at radius 3 is 2.68 bits per heavy atom. The van der Waals surface area contributed by atoms with Crippen molar-refractivity contribution in [3.63, 3.8) is 0 Å². The summed E-state index contributed by atoms with van der Waals surface area (Å²) in [7, 11) is 0. The van der Waals surface area contributed by atoms with E-state index in [4.69, 9.17) is 0 Å². The molecule has 22 heavy (non-hydrogen) atoms. The van der Waals surface area contributed by atoms with E-state index < -0.39 is 5.97 Å². The number of halogens is 1. The number of aliphatic carboxylic acids is 1. The fourth-order valence-corrected chi connectivity index (χ4v) is 2.61. The van der Waals surface area contributed by atoms with E-state index in [9.17, 15) is 9.90 Å². The maximum Gasteiger partial charge on any atom is 0.140 e. The quantitative estimate of drug-likeness (QED) is 0.678. The zero-order valence-electron chi connectivity index (χ0n) is 11.8. The van der Waals surface area contributed by atoms with Gasteiger partial charge in [-0.3, -0.25) is 4.40 Å². The standard InChI is InChI=1S/C17H13BrN2O2/c1-11-3-2-10-20-14(8-9-15(21)22)16(19-17(11)20)12-4-6-13(18)7-5-12/h2-10H,1H3,(H,21,22)/p-1/b9-8+. The Balaban J connectivity index is 2.28. The Hall–Kier alpha value is -2.40. The molecular formula is C17H12BrN2O2-. The fourth-order valence-electron chi connectivity index (χ4n) is 2.35. The second-order valence-electron chi connectivity index (χ2n) is 4.89. The van der Waals surface area contributed by atoms with Crippen LogP contribution in [0.15, 0.2) is 53.1 Å². The third-order valence-electron chi connectivity index (χ3n) is 3.38. The largest absolute Gasteiger partial charge is 0.545 e. The fraction of sp³-hybridized carbons (Fsp3) is 0.0588. The topological polar surface area (TPSA) is 57.4 Å². The van der Waals surface area contributed by atoms with Crippen LogP contribution in [0.5, 0.6) is 0 Å². The smallest absolute Gasteiger partial charge is 0.140 e. The van der Waals surface area contributed by atoms with Gasteiger partial charge < -0.3 is 9.90 Å². The first-order valence-corrected chi connectivity index (χ1v) is 7.48. The molecule has 0 N–H and O–H groups in total. The zero-order valence-corrected chi connectivity index (χ0v) is 13.4. The molecule has 0 amide bonds. The van der Waals surface area contributed by atoms with Crippen molar-refractivity contribution in [3.8, 4) is 11.3 Å². The van der Waals surface area contributed by atoms with Crippen molar-refractivity contribution in [1.82, 2.24) is 9.38 Å². The van der Waals surface area contributed by atoms with E-state index in [0.29, 0.717) is 5.69 Å². The molecule has 2 aromatic heterocycles. The number of carbonyl (C=O) groups is 1. The molecule has 2 heterocycles. The summed E-state index contributed by atoms with van der Waals surface area (Å²) >= 11 is 3.41. The highest BCUT2D eigenvalue weighted by molar-refractivity contribution is 9.10. The number of benzene rings is 1. The average Bonchev–Trinajstić information content (AvgIpc) is 2.86. The molecule has 0 atom stereocenters. The lowest BCUT2D eigenvalue weighted by Crippen LogP contribution is -2.18. The van der Waals surface area contributed by atoms with E-state index in [-0.39, 0.29) is 0 Å². The van der Waals surface area contributed by atoms with Crippen molar-refractivity contribution < 1.29 is 9.90 Å². The highest BCUT2D eigenvalue weighted by Gasteiger charge is 2.13. The van der Waals surface area contributed by atoms with Crippen molar-refractivity contribution in [2.75, 3.05) is 0 Å². The summed E-state index contributed by atoms with van der Waals surface area (Å²) in [5.41, 5.74) is 4.20. The second kappa shape index (κ2) is 5.77. The lowest BCUT2D eigenvalue weighted by atomic mass is 10.1. The number of nitrogens with zero attached hydrogens (tertiary/aromatic N) is 2. The van der Waals surface area contributed by atoms with Gasteiger partial charge in [0.1, 0.15) is 5.65 Å². The van der Waals surface area contributed by atoms with Gasteiger partial charge in [-0.15, -0.1) is 0 Å². The molecular weight excluding hydrogens is 344 g/mol. The lowest BCUT2D eigenvalue weighted by Gasteiger charge is -2.02. The van der Waals surface area contributed by atoms with Crippen LogP contribution in [0, 0.1) is 6.92 Å². The Kier molecular flexibility index (Phi) is 3.81. The molecule has 0 bridgehead atoms. The summed E-state index contributed by atoms with van der Waals surface area (Å²) in [6.45, 7) is 1.97. The van der Waals surface area contributed by atoms with Crippen LogP contribution in [-0.2, 0) is 4.79 Å². The van der Waals surface area contributed by atoms with E-state index in [1.807, 2.05) is 53.9 Å². The molecule has 1 aromatic carbocycles. The highest BCUT2D eigenvalue weighted by Crippen LogP contribution is 2.27. The number of carbonyl (C=O) groups excluding carboxylic acids is 1. The van der Waals surface area contributed by atoms with Gasteiger partial charge in [0.2, 0.25) is 0 Å². The minimum absolute atomic E-state index is 0.713. The molecule has 0 unspecified atom stereocenters. The van der Waals surface area contributed by atoms with Gasteiger partial charge in [0.05, 0.1) is 17.4 Å². The van der Waals surface area contributed by atoms with Crippen molar-refractivity contribution in [2.45, 2.75) is 6.92 Å². The normalized spacial score (nSPS) is 11.4. The summed E-state index contributed by atoms with van der Waals surface area (Å²) in [6, 6.07) is 11.6. The van der Waals surface area contributed by atoms with Crippen LogP contribution in [0.2, 0.25) is 0 Å². The maximum atomic E-state index is 10.8. The summed E-state index contributed by atoms with van der Waals surface area (Å²) in [5, 5.41) is 10.8. The number of aromatic nitrogens is 2. The van der Waals surface area contributed by atoms with Gasteiger partial charge in [-0.1, -0.05) is 34.1 Å². The first kappa shape index (κ1) is 14.5. The third-order valence-corrected chi connectivity index (χ3v) is 3.91. The highest BCUT2D eigenvalue weighted by atomic mass is 79.9. The van der Waals surface area contributed by atoms with Gasteiger partial charge in [-0.2, -0.15) is 0 Å². The van der Waals surface area contributed by atoms with Crippen LogP contribution in [0.25, 0.3) is 23.0 Å². The third kappa shape index (κ3) is 2.67. The van der Waals surface area contributed by atoms with Gasteiger partial charge in [0.25, 0.3) is 0 Å². The molecule has 0 radical (unpaired) electrons. The van der Waals surface area contributed by atoms with E-state index in [1.165, 1.54) is 6.08 Å². The number of rotatable bonds is 3. The molecule has 0 spiro atoms. The number of carboxylic acid groups (broad SMARTS) is 1. The molecule has 0 saturated heterocycles. The Labute approximate surface area is 135 Å². The number of imidazole rings is 1. The summed E-state index contributed by atoms with van der Waals surface area (Å²) in [6.07, 6.45) is 4.41. The maximum absolute atomic E-state index is 10.8. The molecule has 5 heteroatoms. The van der Waals surface area contributed by atoms with Crippen molar-refractivity contribution >= 4 is 33.6 Å². The van der Waals surface area contributed by atoms with Crippen LogP contribution >= 0.6 is 15.9 Å². The van der Waals surface area contributed by atoms with Crippen LogP contribution in [0.4, 0.5) is 0 Å². The molecule has 0 aliphatic carbocycles. The zero-order chi connectivity index (χ0) is 15.7. The molecule has 0 saturated carbocycles. The van der Waals surface area contributed by atoms with E-state index >= 15 is 0 Å². The minimum atomic E-state index is -1.23. The predicted octanol–water partition coefficient (Wildman–Crippen LogP) is 2.84. The molecule has 0 fully saturated rings. The summed E-state index contributed by atoms with van der Waals surface area (Å²) in [5.74, 6) is -1.23. The van der Waals surface area contributed by atoms with Gasteiger partial charge in [0, 0.05) is 16.2 Å². The molecule has 4 nitrogen and oxygen atoms in total. The van der Waals surface area contributed by atoms with Gasteiger partial charge in [0.15, 0.2) is 0 Å². The van der Waals surface area contributed by atoms with Crippen molar-refractivity contribution in [3.05, 3.63) is 64.4 Å². The van der Waals surface area contributed by atoms with E-state index in [1.54, 1.807) is 0 Å². The summed E-state index contributed by atoms with van der Waals surface area (Å²) in [4.78, 5) is 15.4. The predicted molar refractivity (Wildman–Crippen MR) is 87.1 cm³/mol. The van der Waals surface area contributed by atoms with Gasteiger partial charge in [-0.25, -0.2) is 4.98 Å². The number of hydrogen-bond donors (Lipinski definition) is 0. The van der Waals surface area contributed by atoms with E-state index in [0.717, 1.165) is 33.0 Å². The van der Waals surface area contributed by atoms with Crippen LogP contribution in [0.3, 0.4) is 0 Å². The Morgan fingerprint density at radius 2 is 2.00 bits per heavy atom. The second-order valence-corrected chi connectivity index (χ2v) is 5.81. The van der Waals surface area contributed by atoms with Crippen LogP contribution < -0.4 is 5.11 Å². The SMILES string of the molecule is Cc1cccn2c(/C=C/C(=O)[O-])c(-c3ccc(Br)cc3)nc12. The number of pyridine rings is 1. The number of fused-ring (bicyclic) bond motifs is 1. The molecule has 0 aliphatic heterocycles. The first-order chi connectivity index (χ1) is 10.6. The first-order valence-electron chi connectivity index (χ1n) is 6.69. The van der Waals surface area contributed by atoms with Crippen LogP contribution in [-0.4, -0.2) is 15.4 Å². The van der Waals surface area contributed by atoms with E-state index in [2.05, 4.69) is 20.9 Å². The molecule has 110 valence electrons. The monoisotopic (exact) mass is 355 g/mol. The summed E-state index contributed by atoms with van der Waals surface area (Å²) < 4.78 is 2.86. The molecule has 3 aromatic rings. The van der Waals surface area contributed by atoms with Crippen molar-refractivity contribution in [1.29, 1.82) is 0 Å². The van der Waals surface area contributed by atoms with Gasteiger partial charge >= 0.3 is 0 Å². The Bertz CT molecular complexity index is 880. The molecule has 3 rings (SSSR count).